The fraction of sp³-hybridized carbons (Fsp3) is 0.364. The number of carbonyl (C=O) groups is 2. The fourth-order valence-electron chi connectivity index (χ4n) is 3.27. The summed E-state index contributed by atoms with van der Waals surface area (Å²) in [5.74, 6) is -0.104. The molecule has 0 spiro atoms. The molecule has 1 heterocycles. The minimum Gasteiger partial charge on any atom is -0.493 e. The molecule has 1 atom stereocenters. The van der Waals surface area contributed by atoms with Crippen LogP contribution in [-0.2, 0) is 11.2 Å². The standard InChI is InChI=1S/C22H25NO4/c1-2-3-4-16-5-9-19(10-6-16)23-14-17(13-21(23)24)15-27-20-11-7-18(8-12-20)22(25)26/h5-12,17H,2-4,13-15H2,1H3,(H,25,26). The molecule has 2 aromatic rings. The van der Waals surface area contributed by atoms with Crippen LogP contribution in [0.15, 0.2) is 48.5 Å². The van der Waals surface area contributed by atoms with Crippen LogP contribution in [0, 0.1) is 5.92 Å². The van der Waals surface area contributed by atoms with Gasteiger partial charge in [0.1, 0.15) is 5.75 Å². The molecule has 0 bridgehead atoms. The third kappa shape index (κ3) is 4.88. The van der Waals surface area contributed by atoms with E-state index in [1.165, 1.54) is 30.5 Å². The van der Waals surface area contributed by atoms with Gasteiger partial charge in [0, 0.05) is 24.6 Å². The number of hydrogen-bond acceptors (Lipinski definition) is 3. The Balaban J connectivity index is 1.54. The number of aromatic carboxylic acids is 1. The largest absolute Gasteiger partial charge is 0.493 e. The Kier molecular flexibility index (Phi) is 6.12. The van der Waals surface area contributed by atoms with Crippen molar-refractivity contribution < 1.29 is 19.4 Å². The van der Waals surface area contributed by atoms with E-state index in [-0.39, 0.29) is 17.4 Å². The van der Waals surface area contributed by atoms with Crippen molar-refractivity contribution in [3.05, 3.63) is 59.7 Å². The number of ether oxygens (including phenoxy) is 1. The van der Waals surface area contributed by atoms with E-state index in [1.54, 1.807) is 12.1 Å². The molecule has 5 heteroatoms. The SMILES string of the molecule is CCCCc1ccc(N2CC(COc3ccc(C(=O)O)cc3)CC2=O)cc1. The van der Waals surface area contributed by atoms with Crippen LogP contribution in [0.1, 0.15) is 42.1 Å². The molecular weight excluding hydrogens is 342 g/mol. The lowest BCUT2D eigenvalue weighted by atomic mass is 10.1. The average Bonchev–Trinajstić information content (AvgIpc) is 3.06. The summed E-state index contributed by atoms with van der Waals surface area (Å²) < 4.78 is 5.75. The first-order chi connectivity index (χ1) is 13.1. The molecule has 1 aliphatic rings. The lowest BCUT2D eigenvalue weighted by Crippen LogP contribution is -2.25. The maximum absolute atomic E-state index is 12.4. The maximum Gasteiger partial charge on any atom is 0.335 e. The van der Waals surface area contributed by atoms with E-state index in [0.717, 1.165) is 12.1 Å². The van der Waals surface area contributed by atoms with Crippen molar-refractivity contribution >= 4 is 17.6 Å². The highest BCUT2D eigenvalue weighted by Gasteiger charge is 2.31. The van der Waals surface area contributed by atoms with Gasteiger partial charge in [-0.05, 0) is 54.8 Å². The summed E-state index contributed by atoms with van der Waals surface area (Å²) in [4.78, 5) is 25.1. The van der Waals surface area contributed by atoms with Crippen molar-refractivity contribution in [2.45, 2.75) is 32.6 Å². The van der Waals surface area contributed by atoms with Crippen molar-refractivity contribution in [1.29, 1.82) is 0 Å². The summed E-state index contributed by atoms with van der Waals surface area (Å²) in [5, 5.41) is 8.92. The molecule has 1 aliphatic heterocycles. The number of hydrogen-bond donors (Lipinski definition) is 1. The van der Waals surface area contributed by atoms with E-state index < -0.39 is 5.97 Å². The lowest BCUT2D eigenvalue weighted by molar-refractivity contribution is -0.117. The molecule has 1 N–H and O–H groups in total. The van der Waals surface area contributed by atoms with E-state index >= 15 is 0 Å². The van der Waals surface area contributed by atoms with Crippen molar-refractivity contribution in [2.75, 3.05) is 18.1 Å². The monoisotopic (exact) mass is 367 g/mol. The molecule has 142 valence electrons. The second kappa shape index (κ2) is 8.71. The third-order valence-corrected chi connectivity index (χ3v) is 4.86. The van der Waals surface area contributed by atoms with Gasteiger partial charge in [0.15, 0.2) is 0 Å². The molecule has 27 heavy (non-hydrogen) atoms. The van der Waals surface area contributed by atoms with Gasteiger partial charge in [-0.25, -0.2) is 4.79 Å². The second-order valence-electron chi connectivity index (χ2n) is 6.99. The Morgan fingerprint density at radius 2 is 1.85 bits per heavy atom. The lowest BCUT2D eigenvalue weighted by Gasteiger charge is -2.17. The van der Waals surface area contributed by atoms with Crippen molar-refractivity contribution in [3.63, 3.8) is 0 Å². The van der Waals surface area contributed by atoms with Gasteiger partial charge < -0.3 is 14.7 Å². The number of amides is 1. The number of unbranched alkanes of at least 4 members (excludes halogenated alkanes) is 1. The van der Waals surface area contributed by atoms with Crippen molar-refractivity contribution in [2.24, 2.45) is 5.92 Å². The van der Waals surface area contributed by atoms with Crippen LogP contribution in [-0.4, -0.2) is 30.1 Å². The van der Waals surface area contributed by atoms with Crippen LogP contribution >= 0.6 is 0 Å². The summed E-state index contributed by atoms with van der Waals surface area (Å²) in [6.45, 7) is 3.25. The first kappa shape index (κ1) is 19.0. The number of carboxylic acid groups (broad SMARTS) is 1. The molecule has 1 saturated heterocycles. The highest BCUT2D eigenvalue weighted by molar-refractivity contribution is 5.95. The molecule has 1 unspecified atom stereocenters. The number of aryl methyl sites for hydroxylation is 1. The smallest absolute Gasteiger partial charge is 0.335 e. The van der Waals surface area contributed by atoms with Gasteiger partial charge in [0.25, 0.3) is 0 Å². The maximum atomic E-state index is 12.4. The summed E-state index contributed by atoms with van der Waals surface area (Å²) in [6.07, 6.45) is 3.88. The zero-order chi connectivity index (χ0) is 19.2. The summed E-state index contributed by atoms with van der Waals surface area (Å²) in [5.41, 5.74) is 2.47. The molecule has 0 radical (unpaired) electrons. The van der Waals surface area contributed by atoms with Gasteiger partial charge in [-0.15, -0.1) is 0 Å². The Labute approximate surface area is 159 Å². The topological polar surface area (TPSA) is 66.8 Å². The molecule has 2 aromatic carbocycles. The van der Waals surface area contributed by atoms with Gasteiger partial charge >= 0.3 is 5.97 Å². The van der Waals surface area contributed by atoms with Crippen LogP contribution in [0.5, 0.6) is 5.75 Å². The van der Waals surface area contributed by atoms with Gasteiger partial charge in [-0.2, -0.15) is 0 Å². The van der Waals surface area contributed by atoms with Crippen LogP contribution in [0.4, 0.5) is 5.69 Å². The zero-order valence-electron chi connectivity index (χ0n) is 15.6. The van der Waals surface area contributed by atoms with E-state index in [9.17, 15) is 9.59 Å². The zero-order valence-corrected chi connectivity index (χ0v) is 15.6. The van der Waals surface area contributed by atoms with Crippen molar-refractivity contribution in [3.8, 4) is 5.75 Å². The van der Waals surface area contributed by atoms with Crippen LogP contribution in [0.25, 0.3) is 0 Å². The van der Waals surface area contributed by atoms with E-state index in [1.807, 2.05) is 17.0 Å². The van der Waals surface area contributed by atoms with Gasteiger partial charge in [0.2, 0.25) is 5.91 Å². The van der Waals surface area contributed by atoms with E-state index in [2.05, 4.69) is 19.1 Å². The van der Waals surface area contributed by atoms with E-state index in [4.69, 9.17) is 9.84 Å². The quantitative estimate of drug-likeness (QED) is 0.761. The third-order valence-electron chi connectivity index (χ3n) is 4.86. The Morgan fingerprint density at radius 3 is 2.48 bits per heavy atom. The summed E-state index contributed by atoms with van der Waals surface area (Å²) in [6, 6.07) is 14.6. The van der Waals surface area contributed by atoms with Crippen LogP contribution in [0.2, 0.25) is 0 Å². The summed E-state index contributed by atoms with van der Waals surface area (Å²) >= 11 is 0. The Hall–Kier alpha value is -2.82. The van der Waals surface area contributed by atoms with Crippen LogP contribution in [0.3, 0.4) is 0 Å². The number of anilines is 1. The Morgan fingerprint density at radius 1 is 1.15 bits per heavy atom. The van der Waals surface area contributed by atoms with Gasteiger partial charge in [0.05, 0.1) is 12.2 Å². The highest BCUT2D eigenvalue weighted by Crippen LogP contribution is 2.26. The van der Waals surface area contributed by atoms with Crippen LogP contribution < -0.4 is 9.64 Å². The number of benzene rings is 2. The van der Waals surface area contributed by atoms with Gasteiger partial charge in [-0.1, -0.05) is 25.5 Å². The number of nitrogens with zero attached hydrogens (tertiary/aromatic N) is 1. The predicted molar refractivity (Wildman–Crippen MR) is 104 cm³/mol. The first-order valence-electron chi connectivity index (χ1n) is 9.42. The molecule has 0 aliphatic carbocycles. The second-order valence-corrected chi connectivity index (χ2v) is 6.99. The molecule has 3 rings (SSSR count). The first-order valence-corrected chi connectivity index (χ1v) is 9.42. The average molecular weight is 367 g/mol. The molecular formula is C22H25NO4. The molecule has 1 fully saturated rings. The Bertz CT molecular complexity index is 783. The summed E-state index contributed by atoms with van der Waals surface area (Å²) in [7, 11) is 0. The fourth-order valence-corrected chi connectivity index (χ4v) is 3.27. The minimum absolute atomic E-state index is 0.117. The number of rotatable bonds is 8. The van der Waals surface area contributed by atoms with Crippen molar-refractivity contribution in [1.82, 2.24) is 0 Å². The molecule has 5 nitrogen and oxygen atoms in total. The van der Waals surface area contributed by atoms with E-state index in [0.29, 0.717) is 25.3 Å². The highest BCUT2D eigenvalue weighted by atomic mass is 16.5. The molecule has 1 amide bonds. The number of carboxylic acids is 1. The molecule has 0 saturated carbocycles. The minimum atomic E-state index is -0.959. The molecule has 0 aromatic heterocycles. The number of carbonyl (C=O) groups excluding carboxylic acids is 1. The predicted octanol–water partition coefficient (Wildman–Crippen LogP) is 4.16. The van der Waals surface area contributed by atoms with Gasteiger partial charge in [-0.3, -0.25) is 4.79 Å². The normalized spacial score (nSPS) is 16.6.